The molecule has 6 heteroatoms. The molecule has 0 saturated heterocycles. The van der Waals surface area contributed by atoms with Gasteiger partial charge in [-0.25, -0.2) is 9.18 Å². The van der Waals surface area contributed by atoms with Gasteiger partial charge < -0.3 is 4.74 Å². The van der Waals surface area contributed by atoms with Gasteiger partial charge in [0, 0.05) is 5.56 Å². The first kappa shape index (κ1) is 14.1. The van der Waals surface area contributed by atoms with Gasteiger partial charge in [0.15, 0.2) is 5.82 Å². The zero-order chi connectivity index (χ0) is 15.5. The van der Waals surface area contributed by atoms with Gasteiger partial charge in [-0.1, -0.05) is 17.3 Å². The van der Waals surface area contributed by atoms with Gasteiger partial charge in [-0.05, 0) is 42.0 Å². The lowest BCUT2D eigenvalue weighted by Crippen LogP contribution is -2.16. The molecule has 0 atom stereocenters. The van der Waals surface area contributed by atoms with E-state index in [1.54, 1.807) is 43.5 Å². The summed E-state index contributed by atoms with van der Waals surface area (Å²) in [6.45, 7) is 0.254. The fourth-order valence-electron chi connectivity index (χ4n) is 2.13. The van der Waals surface area contributed by atoms with Crippen LogP contribution in [0.4, 0.5) is 4.39 Å². The Labute approximate surface area is 125 Å². The van der Waals surface area contributed by atoms with E-state index >= 15 is 0 Å². The second kappa shape index (κ2) is 5.85. The zero-order valence-electron chi connectivity index (χ0n) is 11.8. The summed E-state index contributed by atoms with van der Waals surface area (Å²) >= 11 is 0. The van der Waals surface area contributed by atoms with Crippen LogP contribution in [-0.4, -0.2) is 16.8 Å². The second-order valence-corrected chi connectivity index (χ2v) is 4.71. The predicted octanol–water partition coefficient (Wildman–Crippen LogP) is 2.70. The van der Waals surface area contributed by atoms with Gasteiger partial charge in [0.25, 0.3) is 0 Å². The van der Waals surface area contributed by atoms with Crippen molar-refractivity contribution in [3.63, 3.8) is 0 Å². The highest BCUT2D eigenvalue weighted by Crippen LogP contribution is 2.20. The van der Waals surface area contributed by atoms with Crippen LogP contribution in [0.25, 0.3) is 11.4 Å². The van der Waals surface area contributed by atoms with E-state index < -0.39 is 5.76 Å². The Morgan fingerprint density at radius 2 is 1.82 bits per heavy atom. The maximum absolute atomic E-state index is 12.9. The topological polar surface area (TPSA) is 57.3 Å². The van der Waals surface area contributed by atoms with Crippen molar-refractivity contribution >= 4 is 0 Å². The largest absolute Gasteiger partial charge is 0.497 e. The van der Waals surface area contributed by atoms with Gasteiger partial charge >= 0.3 is 5.76 Å². The molecule has 0 spiro atoms. The second-order valence-electron chi connectivity index (χ2n) is 4.71. The Kier molecular flexibility index (Phi) is 3.74. The minimum absolute atomic E-state index is 0.254. The summed E-state index contributed by atoms with van der Waals surface area (Å²) < 4.78 is 24.2. The number of halogens is 1. The molecule has 0 aliphatic rings. The van der Waals surface area contributed by atoms with E-state index in [9.17, 15) is 9.18 Å². The highest BCUT2D eigenvalue weighted by atomic mass is 19.1. The molecular formula is C16H13FN2O3. The van der Waals surface area contributed by atoms with Gasteiger partial charge in [0.05, 0.1) is 13.7 Å². The van der Waals surface area contributed by atoms with E-state index in [0.29, 0.717) is 11.6 Å². The first-order valence-electron chi connectivity index (χ1n) is 6.63. The molecule has 0 saturated carbocycles. The SMILES string of the molecule is COc1ccc(-c2noc(=O)n2Cc2ccc(F)cc2)cc1. The molecule has 0 amide bonds. The van der Waals surface area contributed by atoms with Crippen molar-refractivity contribution in [3.05, 3.63) is 70.5 Å². The Hall–Kier alpha value is -2.89. The number of nitrogens with zero attached hydrogens (tertiary/aromatic N) is 2. The molecule has 0 unspecified atom stereocenters. The summed E-state index contributed by atoms with van der Waals surface area (Å²) in [5.74, 6) is 0.239. The first-order chi connectivity index (χ1) is 10.7. The van der Waals surface area contributed by atoms with Gasteiger partial charge in [-0.15, -0.1) is 0 Å². The van der Waals surface area contributed by atoms with E-state index in [0.717, 1.165) is 11.1 Å². The van der Waals surface area contributed by atoms with Crippen LogP contribution in [0, 0.1) is 5.82 Å². The van der Waals surface area contributed by atoms with Gasteiger partial charge in [0.2, 0.25) is 0 Å². The quantitative estimate of drug-likeness (QED) is 0.743. The van der Waals surface area contributed by atoms with Crippen LogP contribution >= 0.6 is 0 Å². The normalized spacial score (nSPS) is 10.6. The number of aromatic nitrogens is 2. The molecule has 3 aromatic rings. The van der Waals surface area contributed by atoms with Crippen molar-refractivity contribution in [2.24, 2.45) is 0 Å². The number of hydrogen-bond acceptors (Lipinski definition) is 4. The molecule has 2 aromatic carbocycles. The van der Waals surface area contributed by atoms with Gasteiger partial charge in [-0.3, -0.25) is 9.09 Å². The lowest BCUT2D eigenvalue weighted by atomic mass is 10.2. The molecule has 0 aliphatic heterocycles. The summed E-state index contributed by atoms with van der Waals surface area (Å²) in [6.07, 6.45) is 0. The number of hydrogen-bond donors (Lipinski definition) is 0. The molecule has 0 radical (unpaired) electrons. The van der Waals surface area contributed by atoms with E-state index in [2.05, 4.69) is 5.16 Å². The summed E-state index contributed by atoms with van der Waals surface area (Å²) in [5, 5.41) is 3.82. The summed E-state index contributed by atoms with van der Waals surface area (Å²) in [4.78, 5) is 11.8. The Morgan fingerprint density at radius 3 is 2.45 bits per heavy atom. The van der Waals surface area contributed by atoms with Crippen molar-refractivity contribution in [3.8, 4) is 17.1 Å². The number of rotatable bonds is 4. The summed E-state index contributed by atoms with van der Waals surface area (Å²) in [6, 6.07) is 13.1. The van der Waals surface area contributed by atoms with E-state index in [4.69, 9.17) is 9.26 Å². The molecule has 0 aliphatic carbocycles. The minimum atomic E-state index is -0.560. The smallest absolute Gasteiger partial charge is 0.442 e. The zero-order valence-corrected chi connectivity index (χ0v) is 11.8. The molecule has 0 bridgehead atoms. The van der Waals surface area contributed by atoms with Crippen LogP contribution in [-0.2, 0) is 6.54 Å². The van der Waals surface area contributed by atoms with Crippen molar-refractivity contribution in [2.45, 2.75) is 6.54 Å². The molecular weight excluding hydrogens is 287 g/mol. The summed E-state index contributed by atoms with van der Waals surface area (Å²) in [5.41, 5.74) is 1.51. The van der Waals surface area contributed by atoms with Crippen molar-refractivity contribution in [1.82, 2.24) is 9.72 Å². The van der Waals surface area contributed by atoms with Crippen LogP contribution in [0.15, 0.2) is 57.8 Å². The Morgan fingerprint density at radius 1 is 1.14 bits per heavy atom. The summed E-state index contributed by atoms with van der Waals surface area (Å²) in [7, 11) is 1.58. The molecule has 3 rings (SSSR count). The molecule has 0 fully saturated rings. The third-order valence-corrected chi connectivity index (χ3v) is 3.29. The number of ether oxygens (including phenoxy) is 1. The highest BCUT2D eigenvalue weighted by molar-refractivity contribution is 5.56. The van der Waals surface area contributed by atoms with Gasteiger partial charge in [-0.2, -0.15) is 0 Å². The maximum Gasteiger partial charge on any atom is 0.442 e. The molecule has 1 heterocycles. The van der Waals surface area contributed by atoms with Crippen LogP contribution in [0.1, 0.15) is 5.56 Å². The molecule has 5 nitrogen and oxygen atoms in total. The van der Waals surface area contributed by atoms with Crippen molar-refractivity contribution in [2.75, 3.05) is 7.11 Å². The minimum Gasteiger partial charge on any atom is -0.497 e. The lowest BCUT2D eigenvalue weighted by molar-refractivity contribution is 0.378. The van der Waals surface area contributed by atoms with Gasteiger partial charge in [0.1, 0.15) is 11.6 Å². The fraction of sp³-hybridized carbons (Fsp3) is 0.125. The van der Waals surface area contributed by atoms with Crippen LogP contribution in [0.2, 0.25) is 0 Å². The fourth-order valence-corrected chi connectivity index (χ4v) is 2.13. The third-order valence-electron chi connectivity index (χ3n) is 3.29. The van der Waals surface area contributed by atoms with Crippen molar-refractivity contribution in [1.29, 1.82) is 0 Å². The Bertz CT molecular complexity index is 820. The lowest BCUT2D eigenvalue weighted by Gasteiger charge is -2.06. The van der Waals surface area contributed by atoms with Crippen LogP contribution in [0.5, 0.6) is 5.75 Å². The average molecular weight is 300 g/mol. The standard InChI is InChI=1S/C16H13FN2O3/c1-21-14-8-4-12(5-9-14)15-18-22-16(20)19(15)10-11-2-6-13(17)7-3-11/h2-9H,10H2,1H3. The Balaban J connectivity index is 1.96. The third kappa shape index (κ3) is 2.76. The number of benzene rings is 2. The first-order valence-corrected chi connectivity index (χ1v) is 6.63. The molecule has 1 aromatic heterocycles. The molecule has 22 heavy (non-hydrogen) atoms. The number of methoxy groups -OCH3 is 1. The average Bonchev–Trinajstić information content (AvgIpc) is 2.91. The monoisotopic (exact) mass is 300 g/mol. The van der Waals surface area contributed by atoms with E-state index in [-0.39, 0.29) is 12.4 Å². The molecule has 0 N–H and O–H groups in total. The van der Waals surface area contributed by atoms with Crippen molar-refractivity contribution < 1.29 is 13.7 Å². The van der Waals surface area contributed by atoms with Crippen LogP contribution < -0.4 is 10.5 Å². The van der Waals surface area contributed by atoms with Crippen LogP contribution in [0.3, 0.4) is 0 Å². The molecule has 112 valence electrons. The highest BCUT2D eigenvalue weighted by Gasteiger charge is 2.13. The van der Waals surface area contributed by atoms with E-state index in [1.807, 2.05) is 0 Å². The van der Waals surface area contributed by atoms with E-state index in [1.165, 1.54) is 16.7 Å². The predicted molar refractivity (Wildman–Crippen MR) is 78.3 cm³/mol. The maximum atomic E-state index is 12.9.